The fraction of sp³-hybridized carbons (Fsp3) is 0.500. The van der Waals surface area contributed by atoms with E-state index in [-0.39, 0.29) is 5.41 Å². The molecule has 0 heteroatoms. The van der Waals surface area contributed by atoms with Gasteiger partial charge in [0.05, 0.1) is 0 Å². The van der Waals surface area contributed by atoms with Crippen molar-refractivity contribution in [3.63, 3.8) is 0 Å². The SMILES string of the molecule is C=CC1(C(=C)C)CCC=C(C)C1. The van der Waals surface area contributed by atoms with E-state index in [9.17, 15) is 0 Å². The highest BCUT2D eigenvalue weighted by Gasteiger charge is 2.29. The highest BCUT2D eigenvalue weighted by Crippen LogP contribution is 2.42. The van der Waals surface area contributed by atoms with Crippen LogP contribution in [0.15, 0.2) is 36.5 Å². The molecule has 12 heavy (non-hydrogen) atoms. The van der Waals surface area contributed by atoms with Crippen LogP contribution >= 0.6 is 0 Å². The van der Waals surface area contributed by atoms with Gasteiger partial charge in [-0.2, -0.15) is 0 Å². The quantitative estimate of drug-likeness (QED) is 0.541. The smallest absolute Gasteiger partial charge is 0.0123 e. The van der Waals surface area contributed by atoms with E-state index in [1.165, 1.54) is 24.0 Å². The van der Waals surface area contributed by atoms with Crippen molar-refractivity contribution in [3.8, 4) is 0 Å². The van der Waals surface area contributed by atoms with Gasteiger partial charge in [0.2, 0.25) is 0 Å². The van der Waals surface area contributed by atoms with Crippen molar-refractivity contribution < 1.29 is 0 Å². The average Bonchev–Trinajstić information content (AvgIpc) is 2.04. The second-order valence-electron chi connectivity index (χ2n) is 3.91. The molecular formula is C12H18. The highest BCUT2D eigenvalue weighted by molar-refractivity contribution is 5.24. The van der Waals surface area contributed by atoms with Crippen LogP contribution in [0.25, 0.3) is 0 Å². The lowest BCUT2D eigenvalue weighted by Gasteiger charge is -2.34. The maximum Gasteiger partial charge on any atom is 0.0123 e. The van der Waals surface area contributed by atoms with Gasteiger partial charge in [0.1, 0.15) is 0 Å². The fourth-order valence-corrected chi connectivity index (χ4v) is 1.95. The van der Waals surface area contributed by atoms with Crippen LogP contribution in [0.3, 0.4) is 0 Å². The number of rotatable bonds is 2. The highest BCUT2D eigenvalue weighted by atomic mass is 14.3. The molecular weight excluding hydrogens is 144 g/mol. The molecule has 1 atom stereocenters. The molecule has 0 amide bonds. The number of allylic oxidation sites excluding steroid dienone is 4. The van der Waals surface area contributed by atoms with E-state index in [4.69, 9.17) is 0 Å². The Morgan fingerprint density at radius 2 is 2.33 bits per heavy atom. The molecule has 0 aliphatic heterocycles. The molecule has 1 rings (SSSR count). The summed E-state index contributed by atoms with van der Waals surface area (Å²) in [4.78, 5) is 0. The van der Waals surface area contributed by atoms with Crippen molar-refractivity contribution in [1.29, 1.82) is 0 Å². The number of hydrogen-bond acceptors (Lipinski definition) is 0. The molecule has 1 aliphatic carbocycles. The minimum atomic E-state index is 0.193. The Morgan fingerprint density at radius 3 is 2.67 bits per heavy atom. The predicted octanol–water partition coefficient (Wildman–Crippen LogP) is 3.87. The second kappa shape index (κ2) is 3.30. The van der Waals surface area contributed by atoms with E-state index in [1.807, 2.05) is 0 Å². The van der Waals surface area contributed by atoms with E-state index < -0.39 is 0 Å². The summed E-state index contributed by atoms with van der Waals surface area (Å²) >= 11 is 0. The summed E-state index contributed by atoms with van der Waals surface area (Å²) in [7, 11) is 0. The molecule has 0 aromatic carbocycles. The van der Waals surface area contributed by atoms with Crippen LogP contribution in [-0.4, -0.2) is 0 Å². The largest absolute Gasteiger partial charge is 0.102 e. The Labute approximate surface area is 75.7 Å². The molecule has 0 saturated heterocycles. The summed E-state index contributed by atoms with van der Waals surface area (Å²) in [6, 6.07) is 0. The molecule has 1 aliphatic rings. The molecule has 0 aromatic heterocycles. The zero-order chi connectivity index (χ0) is 9.19. The third-order valence-electron chi connectivity index (χ3n) is 2.92. The first-order chi connectivity index (χ1) is 5.60. The van der Waals surface area contributed by atoms with Crippen molar-refractivity contribution in [2.24, 2.45) is 5.41 Å². The lowest BCUT2D eigenvalue weighted by atomic mass is 9.70. The van der Waals surface area contributed by atoms with Crippen LogP contribution in [0, 0.1) is 5.41 Å². The van der Waals surface area contributed by atoms with E-state index in [0.717, 1.165) is 6.42 Å². The van der Waals surface area contributed by atoms with Gasteiger partial charge in [-0.25, -0.2) is 0 Å². The molecule has 0 bridgehead atoms. The zero-order valence-corrected chi connectivity index (χ0v) is 8.19. The molecule has 0 saturated carbocycles. The van der Waals surface area contributed by atoms with E-state index >= 15 is 0 Å². The van der Waals surface area contributed by atoms with Crippen LogP contribution < -0.4 is 0 Å². The lowest BCUT2D eigenvalue weighted by Crippen LogP contribution is -2.21. The maximum atomic E-state index is 4.06. The van der Waals surface area contributed by atoms with Gasteiger partial charge in [0, 0.05) is 5.41 Å². The summed E-state index contributed by atoms with van der Waals surface area (Å²) in [5.41, 5.74) is 2.92. The molecule has 0 fully saturated rings. The average molecular weight is 162 g/mol. The maximum absolute atomic E-state index is 4.06. The third kappa shape index (κ3) is 1.52. The summed E-state index contributed by atoms with van der Waals surface area (Å²) in [5, 5.41) is 0. The summed E-state index contributed by atoms with van der Waals surface area (Å²) in [5.74, 6) is 0. The normalized spacial score (nSPS) is 29.3. The first-order valence-electron chi connectivity index (χ1n) is 4.56. The van der Waals surface area contributed by atoms with E-state index in [2.05, 4.69) is 39.2 Å². The summed E-state index contributed by atoms with van der Waals surface area (Å²) < 4.78 is 0. The van der Waals surface area contributed by atoms with Crippen molar-refractivity contribution in [2.75, 3.05) is 0 Å². The Balaban J connectivity index is 2.90. The third-order valence-corrected chi connectivity index (χ3v) is 2.92. The predicted molar refractivity (Wildman–Crippen MR) is 55.1 cm³/mol. The topological polar surface area (TPSA) is 0 Å². The van der Waals surface area contributed by atoms with Crippen LogP contribution in [0.4, 0.5) is 0 Å². The molecule has 1 unspecified atom stereocenters. The Hall–Kier alpha value is -0.780. The minimum absolute atomic E-state index is 0.193. The van der Waals surface area contributed by atoms with E-state index in [0.29, 0.717) is 0 Å². The van der Waals surface area contributed by atoms with Crippen LogP contribution in [0.2, 0.25) is 0 Å². The first kappa shape index (κ1) is 9.31. The van der Waals surface area contributed by atoms with Gasteiger partial charge in [0.25, 0.3) is 0 Å². The van der Waals surface area contributed by atoms with Crippen molar-refractivity contribution in [1.82, 2.24) is 0 Å². The van der Waals surface area contributed by atoms with E-state index in [1.54, 1.807) is 0 Å². The molecule has 0 nitrogen and oxygen atoms in total. The second-order valence-corrected chi connectivity index (χ2v) is 3.91. The Bertz CT molecular complexity index is 232. The number of hydrogen-bond donors (Lipinski definition) is 0. The summed E-state index contributed by atoms with van der Waals surface area (Å²) in [6.45, 7) is 12.3. The van der Waals surface area contributed by atoms with Gasteiger partial charge in [-0.15, -0.1) is 6.58 Å². The molecule has 0 aromatic rings. The zero-order valence-electron chi connectivity index (χ0n) is 8.19. The standard InChI is InChI=1S/C12H18/c1-5-12(10(2)3)8-6-7-11(4)9-12/h5,7H,1-2,6,8-9H2,3-4H3. The van der Waals surface area contributed by atoms with Gasteiger partial charge in [0.15, 0.2) is 0 Å². The monoisotopic (exact) mass is 162 g/mol. The van der Waals surface area contributed by atoms with Gasteiger partial charge in [-0.1, -0.05) is 29.9 Å². The molecule has 0 heterocycles. The van der Waals surface area contributed by atoms with Gasteiger partial charge in [-0.05, 0) is 33.1 Å². The molecule has 0 spiro atoms. The van der Waals surface area contributed by atoms with Crippen molar-refractivity contribution in [2.45, 2.75) is 33.1 Å². The molecule has 0 N–H and O–H groups in total. The summed E-state index contributed by atoms with van der Waals surface area (Å²) in [6.07, 6.45) is 7.87. The van der Waals surface area contributed by atoms with Crippen LogP contribution in [0.1, 0.15) is 33.1 Å². The first-order valence-corrected chi connectivity index (χ1v) is 4.56. The Kier molecular flexibility index (Phi) is 2.56. The van der Waals surface area contributed by atoms with Crippen molar-refractivity contribution >= 4 is 0 Å². The molecule has 66 valence electrons. The Morgan fingerprint density at radius 1 is 1.67 bits per heavy atom. The van der Waals surface area contributed by atoms with Crippen LogP contribution in [0.5, 0.6) is 0 Å². The molecule has 0 radical (unpaired) electrons. The van der Waals surface area contributed by atoms with Crippen LogP contribution in [-0.2, 0) is 0 Å². The van der Waals surface area contributed by atoms with Gasteiger partial charge >= 0.3 is 0 Å². The minimum Gasteiger partial charge on any atom is -0.102 e. The lowest BCUT2D eigenvalue weighted by molar-refractivity contribution is 0.404. The van der Waals surface area contributed by atoms with Gasteiger partial charge in [-0.3, -0.25) is 0 Å². The van der Waals surface area contributed by atoms with Crippen molar-refractivity contribution in [3.05, 3.63) is 36.5 Å². The van der Waals surface area contributed by atoms with Gasteiger partial charge < -0.3 is 0 Å². The fourth-order valence-electron chi connectivity index (χ4n) is 1.95.